The Hall–Kier alpha value is -3.56. The molecule has 1 heterocycles. The Morgan fingerprint density at radius 2 is 1.68 bits per heavy atom. The minimum Gasteiger partial charge on any atom is -0.493 e. The molecule has 0 bridgehead atoms. The number of amides is 3. The molecular weight excluding hydrogens is 366 g/mol. The molecule has 3 amide bonds. The third-order valence-electron chi connectivity index (χ3n) is 3.79. The molecule has 150 valence electrons. The van der Waals surface area contributed by atoms with Gasteiger partial charge in [-0.3, -0.25) is 29.9 Å². The van der Waals surface area contributed by atoms with Crippen molar-refractivity contribution in [2.24, 2.45) is 0 Å². The highest BCUT2D eigenvalue weighted by Gasteiger charge is 2.13. The fraction of sp³-hybridized carbons (Fsp3) is 0.333. The summed E-state index contributed by atoms with van der Waals surface area (Å²) in [6, 6.07) is 6.48. The maximum atomic E-state index is 12.1. The molecule has 0 saturated heterocycles. The molecule has 28 heavy (non-hydrogen) atoms. The average Bonchev–Trinajstić information content (AvgIpc) is 3.00. The molecule has 10 heteroatoms. The summed E-state index contributed by atoms with van der Waals surface area (Å²) in [7, 11) is 2.95. The highest BCUT2D eigenvalue weighted by molar-refractivity contribution is 5.97. The predicted molar refractivity (Wildman–Crippen MR) is 99.9 cm³/mol. The van der Waals surface area contributed by atoms with Crippen LogP contribution in [0.2, 0.25) is 0 Å². The van der Waals surface area contributed by atoms with Gasteiger partial charge >= 0.3 is 0 Å². The highest BCUT2D eigenvalue weighted by atomic mass is 16.5. The van der Waals surface area contributed by atoms with Gasteiger partial charge in [0.15, 0.2) is 11.5 Å². The summed E-state index contributed by atoms with van der Waals surface area (Å²) in [6.07, 6.45) is 0. The van der Waals surface area contributed by atoms with Crippen LogP contribution in [-0.2, 0) is 16.1 Å². The van der Waals surface area contributed by atoms with E-state index in [9.17, 15) is 14.4 Å². The number of hydrogen-bond donors (Lipinski definition) is 3. The van der Waals surface area contributed by atoms with Gasteiger partial charge in [0.25, 0.3) is 17.7 Å². The highest BCUT2D eigenvalue weighted by Crippen LogP contribution is 2.27. The molecule has 0 spiro atoms. The number of ether oxygens (including phenoxy) is 2. The van der Waals surface area contributed by atoms with Crippen LogP contribution in [0.15, 0.2) is 24.3 Å². The number of nitrogens with zero attached hydrogens (tertiary/aromatic N) is 2. The fourth-order valence-electron chi connectivity index (χ4n) is 2.43. The Morgan fingerprint density at radius 1 is 1.00 bits per heavy atom. The number of carbonyl (C=O) groups excluding carboxylic acids is 3. The molecule has 0 fully saturated rings. The number of rotatable bonds is 7. The number of aryl methyl sites for hydroxylation is 2. The number of benzene rings is 1. The minimum atomic E-state index is -0.574. The molecule has 0 aliphatic heterocycles. The van der Waals surface area contributed by atoms with E-state index < -0.39 is 17.7 Å². The minimum absolute atomic E-state index is 0.0298. The van der Waals surface area contributed by atoms with Crippen LogP contribution >= 0.6 is 0 Å². The molecule has 0 saturated carbocycles. The van der Waals surface area contributed by atoms with Gasteiger partial charge in [0.05, 0.1) is 26.5 Å². The summed E-state index contributed by atoms with van der Waals surface area (Å²) < 4.78 is 11.8. The molecule has 0 atom stereocenters. The smallest absolute Gasteiger partial charge is 0.260 e. The van der Waals surface area contributed by atoms with Crippen molar-refractivity contribution in [1.29, 1.82) is 0 Å². The molecule has 0 radical (unpaired) electrons. The second-order valence-corrected chi connectivity index (χ2v) is 5.93. The topological polar surface area (TPSA) is 124 Å². The van der Waals surface area contributed by atoms with Gasteiger partial charge in [-0.15, -0.1) is 0 Å². The van der Waals surface area contributed by atoms with Crippen LogP contribution in [0.25, 0.3) is 0 Å². The first-order valence-corrected chi connectivity index (χ1v) is 8.43. The largest absolute Gasteiger partial charge is 0.493 e. The van der Waals surface area contributed by atoms with E-state index in [0.29, 0.717) is 17.1 Å². The van der Waals surface area contributed by atoms with E-state index in [4.69, 9.17) is 9.47 Å². The maximum absolute atomic E-state index is 12.1. The van der Waals surface area contributed by atoms with Crippen molar-refractivity contribution >= 4 is 17.7 Å². The summed E-state index contributed by atoms with van der Waals surface area (Å²) in [5.41, 5.74) is 6.45. The zero-order chi connectivity index (χ0) is 20.7. The van der Waals surface area contributed by atoms with Crippen LogP contribution in [0.3, 0.4) is 0 Å². The molecule has 2 aromatic rings. The molecular formula is C18H23N5O5. The van der Waals surface area contributed by atoms with Gasteiger partial charge in [-0.1, -0.05) is 0 Å². The fourth-order valence-corrected chi connectivity index (χ4v) is 2.43. The van der Waals surface area contributed by atoms with Crippen molar-refractivity contribution in [3.05, 3.63) is 41.2 Å². The number of nitrogens with one attached hydrogen (secondary N) is 3. The van der Waals surface area contributed by atoms with Crippen LogP contribution in [-0.4, -0.2) is 48.3 Å². The molecule has 10 nitrogen and oxygen atoms in total. The van der Waals surface area contributed by atoms with Gasteiger partial charge in [-0.05, 0) is 38.1 Å². The van der Waals surface area contributed by atoms with Crippen LogP contribution in [0.1, 0.15) is 21.7 Å². The first-order chi connectivity index (χ1) is 13.3. The van der Waals surface area contributed by atoms with Crippen molar-refractivity contribution in [2.45, 2.75) is 20.4 Å². The normalized spacial score (nSPS) is 10.1. The Morgan fingerprint density at radius 3 is 2.29 bits per heavy atom. The Balaban J connectivity index is 1.79. The number of hydrogen-bond acceptors (Lipinski definition) is 6. The lowest BCUT2D eigenvalue weighted by atomic mass is 10.2. The van der Waals surface area contributed by atoms with Crippen molar-refractivity contribution in [1.82, 2.24) is 25.9 Å². The lowest BCUT2D eigenvalue weighted by Gasteiger charge is -2.11. The Bertz CT molecular complexity index is 877. The van der Waals surface area contributed by atoms with Crippen LogP contribution in [0.5, 0.6) is 11.5 Å². The lowest BCUT2D eigenvalue weighted by Crippen LogP contribution is -2.47. The van der Waals surface area contributed by atoms with E-state index in [-0.39, 0.29) is 13.1 Å². The molecule has 0 aliphatic carbocycles. The second-order valence-electron chi connectivity index (χ2n) is 5.93. The monoisotopic (exact) mass is 389 g/mol. The molecule has 3 N–H and O–H groups in total. The zero-order valence-corrected chi connectivity index (χ0v) is 16.2. The van der Waals surface area contributed by atoms with Gasteiger partial charge in [0, 0.05) is 11.3 Å². The number of aromatic nitrogens is 2. The SMILES string of the molecule is COc1ccc(C(=O)NCC(=O)NNC(=O)Cn2nc(C)cc2C)cc1OC. The number of carbonyl (C=O) groups is 3. The standard InChI is InChI=1S/C18H23N5O5/c1-11-7-12(2)23(22-11)10-17(25)21-20-16(24)9-19-18(26)13-5-6-14(27-3)15(8-13)28-4/h5-8H,9-10H2,1-4H3,(H,19,26)(H,20,24)(H,21,25). The van der Waals surface area contributed by atoms with Crippen LogP contribution < -0.4 is 25.6 Å². The summed E-state index contributed by atoms with van der Waals surface area (Å²) in [6.45, 7) is 3.31. The lowest BCUT2D eigenvalue weighted by molar-refractivity contribution is -0.128. The second kappa shape index (κ2) is 9.40. The van der Waals surface area contributed by atoms with Gasteiger partial charge in [-0.25, -0.2) is 0 Å². The Labute approximate surface area is 162 Å². The summed E-state index contributed by atoms with van der Waals surface area (Å²) in [5.74, 6) is -0.593. The van der Waals surface area contributed by atoms with E-state index in [1.165, 1.54) is 25.0 Å². The number of methoxy groups -OCH3 is 2. The third-order valence-corrected chi connectivity index (χ3v) is 3.79. The van der Waals surface area contributed by atoms with Gasteiger partial charge in [0.2, 0.25) is 0 Å². The maximum Gasteiger partial charge on any atom is 0.260 e. The molecule has 1 aromatic carbocycles. The van der Waals surface area contributed by atoms with Crippen molar-refractivity contribution in [3.8, 4) is 11.5 Å². The van der Waals surface area contributed by atoms with Crippen molar-refractivity contribution < 1.29 is 23.9 Å². The molecule has 0 unspecified atom stereocenters. The van der Waals surface area contributed by atoms with Crippen LogP contribution in [0.4, 0.5) is 0 Å². The Kier molecular flexibility index (Phi) is 6.96. The van der Waals surface area contributed by atoms with Gasteiger partial charge in [-0.2, -0.15) is 5.10 Å². The zero-order valence-electron chi connectivity index (χ0n) is 16.2. The summed E-state index contributed by atoms with van der Waals surface area (Å²) >= 11 is 0. The molecule has 1 aromatic heterocycles. The van der Waals surface area contributed by atoms with Crippen molar-refractivity contribution in [3.63, 3.8) is 0 Å². The quantitative estimate of drug-likeness (QED) is 0.577. The van der Waals surface area contributed by atoms with E-state index in [1.807, 2.05) is 19.9 Å². The summed E-state index contributed by atoms with van der Waals surface area (Å²) in [5, 5.41) is 6.62. The van der Waals surface area contributed by atoms with Gasteiger partial charge < -0.3 is 14.8 Å². The molecule has 0 aliphatic rings. The van der Waals surface area contributed by atoms with E-state index in [2.05, 4.69) is 21.3 Å². The van der Waals surface area contributed by atoms with E-state index in [0.717, 1.165) is 11.4 Å². The summed E-state index contributed by atoms with van der Waals surface area (Å²) in [4.78, 5) is 35.8. The first-order valence-electron chi connectivity index (χ1n) is 8.43. The number of hydrazine groups is 1. The van der Waals surface area contributed by atoms with Gasteiger partial charge in [0.1, 0.15) is 6.54 Å². The molecule has 2 rings (SSSR count). The van der Waals surface area contributed by atoms with E-state index in [1.54, 1.807) is 12.1 Å². The van der Waals surface area contributed by atoms with Crippen molar-refractivity contribution in [2.75, 3.05) is 20.8 Å². The predicted octanol–water partition coefficient (Wildman–Crippen LogP) is 0.0945. The average molecular weight is 389 g/mol. The third kappa shape index (κ3) is 5.47. The van der Waals surface area contributed by atoms with Crippen LogP contribution in [0, 0.1) is 13.8 Å². The van der Waals surface area contributed by atoms with E-state index >= 15 is 0 Å². The first kappa shape index (κ1) is 20.7.